The number of benzene rings is 2. The Kier molecular flexibility index (Phi) is 6.29. The Labute approximate surface area is 181 Å². The molecule has 1 N–H and O–H groups in total. The van der Waals surface area contributed by atoms with Crippen LogP contribution in [0.5, 0.6) is 0 Å². The fourth-order valence-electron chi connectivity index (χ4n) is 2.86. The first kappa shape index (κ1) is 19.7. The number of imidazole rings is 1. The van der Waals surface area contributed by atoms with Gasteiger partial charge in [0.25, 0.3) is 0 Å². The second kappa shape index (κ2) is 9.26. The highest BCUT2D eigenvalue weighted by atomic mass is 35.5. The zero-order valence-corrected chi connectivity index (χ0v) is 17.6. The summed E-state index contributed by atoms with van der Waals surface area (Å²) in [6.07, 6.45) is 5.32. The molecule has 0 spiro atoms. The maximum atomic E-state index is 12.7. The van der Waals surface area contributed by atoms with Gasteiger partial charge in [-0.25, -0.2) is 9.97 Å². The summed E-state index contributed by atoms with van der Waals surface area (Å²) in [5.74, 6) is 0.159. The summed E-state index contributed by atoms with van der Waals surface area (Å²) in [6.45, 7) is 0. The molecular weight excluding hydrogens is 424 g/mol. The van der Waals surface area contributed by atoms with Crippen molar-refractivity contribution < 1.29 is 4.79 Å². The molecule has 5 nitrogen and oxygen atoms in total. The largest absolute Gasteiger partial charge is 0.342 e. The number of thioether (sulfide) groups is 1. The summed E-state index contributed by atoms with van der Waals surface area (Å²) in [6, 6.07) is 17.1. The predicted molar refractivity (Wildman–Crippen MR) is 118 cm³/mol. The predicted octanol–water partition coefficient (Wildman–Crippen LogP) is 4.98. The zero-order valence-electron chi connectivity index (χ0n) is 15.2. The van der Waals surface area contributed by atoms with Crippen LogP contribution in [0.3, 0.4) is 0 Å². The lowest BCUT2D eigenvalue weighted by Gasteiger charge is -2.17. The highest BCUT2D eigenvalue weighted by molar-refractivity contribution is 7.99. The van der Waals surface area contributed by atoms with E-state index in [0.29, 0.717) is 5.02 Å². The van der Waals surface area contributed by atoms with Crippen LogP contribution in [0, 0.1) is 0 Å². The smallest absolute Gasteiger partial charge is 0.231 e. The van der Waals surface area contributed by atoms with E-state index < -0.39 is 0 Å². The first-order valence-electron chi connectivity index (χ1n) is 8.86. The quantitative estimate of drug-likeness (QED) is 0.412. The lowest BCUT2D eigenvalue weighted by Crippen LogP contribution is -2.30. The van der Waals surface area contributed by atoms with E-state index in [4.69, 9.17) is 11.6 Å². The van der Waals surface area contributed by atoms with Gasteiger partial charge in [0.15, 0.2) is 5.16 Å². The van der Waals surface area contributed by atoms with Crippen LogP contribution in [0.1, 0.15) is 16.6 Å². The molecule has 4 rings (SSSR count). The van der Waals surface area contributed by atoms with Crippen LogP contribution in [0.4, 0.5) is 0 Å². The first-order valence-corrected chi connectivity index (χ1v) is 11.1. The highest BCUT2D eigenvalue weighted by Gasteiger charge is 2.19. The number of carbonyl (C=O) groups is 1. The number of nitrogens with zero attached hydrogens (tertiary/aromatic N) is 3. The summed E-state index contributed by atoms with van der Waals surface area (Å²) in [7, 11) is 0. The Morgan fingerprint density at radius 1 is 1.14 bits per heavy atom. The summed E-state index contributed by atoms with van der Waals surface area (Å²) in [4.78, 5) is 21.5. The molecule has 1 unspecified atom stereocenters. The molecule has 146 valence electrons. The molecule has 1 amide bonds. The van der Waals surface area contributed by atoms with Gasteiger partial charge in [-0.1, -0.05) is 59.8 Å². The van der Waals surface area contributed by atoms with E-state index in [0.717, 1.165) is 21.4 Å². The van der Waals surface area contributed by atoms with Crippen LogP contribution in [0.15, 0.2) is 83.7 Å². The molecular formula is C21H17ClN4OS2. The van der Waals surface area contributed by atoms with Crippen LogP contribution in [0.25, 0.3) is 5.69 Å². The molecule has 2 aromatic carbocycles. The number of carbonyl (C=O) groups excluding carboxylic acids is 1. The zero-order chi connectivity index (χ0) is 20.1. The van der Waals surface area contributed by atoms with Crippen LogP contribution in [-0.4, -0.2) is 26.2 Å². The van der Waals surface area contributed by atoms with Crippen molar-refractivity contribution in [2.24, 2.45) is 0 Å². The average molecular weight is 441 g/mol. The van der Waals surface area contributed by atoms with Crippen molar-refractivity contribution in [3.8, 4) is 5.69 Å². The number of thiazole rings is 1. The SMILES string of the molecule is O=C(CSc1nccn1-c1cccc(Cl)c1)NC(c1ccccc1)c1nccs1. The molecule has 2 heterocycles. The summed E-state index contributed by atoms with van der Waals surface area (Å²) < 4.78 is 1.92. The Bertz CT molecular complexity index is 1080. The van der Waals surface area contributed by atoms with Crippen molar-refractivity contribution in [2.45, 2.75) is 11.2 Å². The minimum absolute atomic E-state index is 0.0836. The number of amides is 1. The van der Waals surface area contributed by atoms with E-state index in [-0.39, 0.29) is 17.7 Å². The van der Waals surface area contributed by atoms with Gasteiger partial charge >= 0.3 is 0 Å². The Hall–Kier alpha value is -2.61. The van der Waals surface area contributed by atoms with Crippen molar-refractivity contribution in [3.63, 3.8) is 0 Å². The lowest BCUT2D eigenvalue weighted by molar-refractivity contribution is -0.119. The molecule has 0 bridgehead atoms. The molecule has 4 aromatic rings. The van der Waals surface area contributed by atoms with Crippen LogP contribution in [0.2, 0.25) is 5.02 Å². The molecule has 0 saturated heterocycles. The van der Waals surface area contributed by atoms with Gasteiger partial charge in [0, 0.05) is 34.7 Å². The van der Waals surface area contributed by atoms with Crippen molar-refractivity contribution in [3.05, 3.63) is 94.2 Å². The molecule has 0 fully saturated rings. The van der Waals surface area contributed by atoms with Crippen LogP contribution in [-0.2, 0) is 4.79 Å². The van der Waals surface area contributed by atoms with Gasteiger partial charge in [-0.2, -0.15) is 0 Å². The number of rotatable bonds is 7. The van der Waals surface area contributed by atoms with E-state index in [2.05, 4.69) is 15.3 Å². The summed E-state index contributed by atoms with van der Waals surface area (Å²) >= 11 is 9.00. The third-order valence-corrected chi connectivity index (χ3v) is 6.20. The van der Waals surface area contributed by atoms with Crippen molar-refractivity contribution in [1.82, 2.24) is 19.9 Å². The minimum Gasteiger partial charge on any atom is -0.342 e. The molecule has 1 atom stereocenters. The Balaban J connectivity index is 1.46. The van der Waals surface area contributed by atoms with Gasteiger partial charge in [-0.15, -0.1) is 11.3 Å². The Morgan fingerprint density at radius 2 is 2.00 bits per heavy atom. The fraction of sp³-hybridized carbons (Fsp3) is 0.0952. The van der Waals surface area contributed by atoms with Crippen molar-refractivity contribution in [2.75, 3.05) is 5.75 Å². The number of nitrogens with one attached hydrogen (secondary N) is 1. The fourth-order valence-corrected chi connectivity index (χ4v) is 4.54. The first-order chi connectivity index (χ1) is 14.2. The van der Waals surface area contributed by atoms with Gasteiger partial charge in [0.05, 0.1) is 5.75 Å². The van der Waals surface area contributed by atoms with Gasteiger partial charge in [-0.3, -0.25) is 9.36 Å². The second-order valence-electron chi connectivity index (χ2n) is 6.13. The Morgan fingerprint density at radius 3 is 2.76 bits per heavy atom. The van der Waals surface area contributed by atoms with E-state index in [9.17, 15) is 4.79 Å². The van der Waals surface area contributed by atoms with E-state index >= 15 is 0 Å². The van der Waals surface area contributed by atoms with Gasteiger partial charge in [0.1, 0.15) is 11.0 Å². The normalized spacial score (nSPS) is 11.9. The minimum atomic E-state index is -0.267. The molecule has 0 saturated carbocycles. The lowest BCUT2D eigenvalue weighted by atomic mass is 10.1. The average Bonchev–Trinajstić information content (AvgIpc) is 3.43. The molecule has 0 aliphatic heterocycles. The van der Waals surface area contributed by atoms with E-state index in [1.54, 1.807) is 12.4 Å². The van der Waals surface area contributed by atoms with E-state index in [1.165, 1.54) is 23.1 Å². The molecule has 0 aliphatic rings. The van der Waals surface area contributed by atoms with Gasteiger partial charge < -0.3 is 5.32 Å². The van der Waals surface area contributed by atoms with Gasteiger partial charge in [0.2, 0.25) is 5.91 Å². The molecule has 2 aromatic heterocycles. The van der Waals surface area contributed by atoms with Gasteiger partial charge in [-0.05, 0) is 23.8 Å². The molecule has 0 radical (unpaired) electrons. The maximum Gasteiger partial charge on any atom is 0.231 e. The van der Waals surface area contributed by atoms with Crippen molar-refractivity contribution >= 4 is 40.6 Å². The monoisotopic (exact) mass is 440 g/mol. The number of halogens is 1. The third-order valence-electron chi connectivity index (χ3n) is 4.16. The van der Waals surface area contributed by atoms with Crippen LogP contribution < -0.4 is 5.32 Å². The molecule has 8 heteroatoms. The van der Waals surface area contributed by atoms with Crippen molar-refractivity contribution in [1.29, 1.82) is 0 Å². The number of aromatic nitrogens is 3. The van der Waals surface area contributed by atoms with E-state index in [1.807, 2.05) is 70.7 Å². The second-order valence-corrected chi connectivity index (χ2v) is 8.43. The number of hydrogen-bond donors (Lipinski definition) is 1. The standard InChI is InChI=1S/C21H17ClN4OS2/c22-16-7-4-8-17(13-16)26-11-9-24-21(26)29-14-18(27)25-19(20-23-10-12-28-20)15-5-2-1-3-6-15/h1-13,19H,14H2,(H,25,27). The topological polar surface area (TPSA) is 59.8 Å². The highest BCUT2D eigenvalue weighted by Crippen LogP contribution is 2.25. The molecule has 29 heavy (non-hydrogen) atoms. The summed E-state index contributed by atoms with van der Waals surface area (Å²) in [5, 5.41) is 7.25. The third kappa shape index (κ3) is 4.87. The molecule has 0 aliphatic carbocycles. The summed E-state index contributed by atoms with van der Waals surface area (Å²) in [5.41, 5.74) is 1.91. The van der Waals surface area contributed by atoms with Crippen LogP contribution >= 0.6 is 34.7 Å². The maximum absolute atomic E-state index is 12.7. The number of hydrogen-bond acceptors (Lipinski definition) is 5.